The highest BCUT2D eigenvalue weighted by atomic mass is 35.5. The number of rotatable bonds is 6. The molecule has 3 rings (SSSR count). The molecule has 0 aliphatic carbocycles. The molecule has 1 aromatic carbocycles. The maximum Gasteiger partial charge on any atom is 0.344 e. The third kappa shape index (κ3) is 3.95. The molecule has 2 aromatic heterocycles. The summed E-state index contributed by atoms with van der Waals surface area (Å²) in [6.07, 6.45) is 3.11. The van der Waals surface area contributed by atoms with E-state index in [0.717, 1.165) is 0 Å². The molecule has 0 unspecified atom stereocenters. The number of esters is 1. The number of carbonyl (C=O) groups is 1. The number of hydrogen-bond donors (Lipinski definition) is 0. The Labute approximate surface area is 171 Å². The van der Waals surface area contributed by atoms with Crippen molar-refractivity contribution in [2.24, 2.45) is 0 Å². The van der Waals surface area contributed by atoms with Crippen LogP contribution in [0.5, 0.6) is 0 Å². The zero-order valence-electron chi connectivity index (χ0n) is 15.4. The first kappa shape index (κ1) is 20.1. The Kier molecular flexibility index (Phi) is 6.16. The molecule has 3 aromatic rings. The van der Waals surface area contributed by atoms with Crippen LogP contribution in [0.25, 0.3) is 11.3 Å². The molecule has 0 saturated heterocycles. The Morgan fingerprint density at radius 1 is 1.11 bits per heavy atom. The summed E-state index contributed by atoms with van der Waals surface area (Å²) < 4.78 is 6.99. The molecule has 0 amide bonds. The molecular weight excluding hydrogens is 403 g/mol. The fraction of sp³-hybridized carbons (Fsp3) is 0.263. The minimum absolute atomic E-state index is 0.0423. The van der Waals surface area contributed by atoms with Crippen LogP contribution in [0.4, 0.5) is 0 Å². The van der Waals surface area contributed by atoms with Crippen LogP contribution in [0.1, 0.15) is 29.9 Å². The average Bonchev–Trinajstić information content (AvgIpc) is 3.16. The van der Waals surface area contributed by atoms with Gasteiger partial charge in [-0.15, -0.1) is 0 Å². The third-order valence-corrected chi connectivity index (χ3v) is 4.90. The molecular formula is C19H18Cl2N4O3. The summed E-state index contributed by atoms with van der Waals surface area (Å²) in [7, 11) is 0. The SMILES string of the molecule is CCOC(=O)c1c(-c2ccc(Cl)c(Cl)c2)n(CC)c(Cn2nccn2)cc1=O. The van der Waals surface area contributed by atoms with Gasteiger partial charge in [0.15, 0.2) is 5.43 Å². The highest BCUT2D eigenvalue weighted by Crippen LogP contribution is 2.31. The van der Waals surface area contributed by atoms with E-state index in [1.807, 2.05) is 11.5 Å². The van der Waals surface area contributed by atoms with Crippen molar-refractivity contribution in [2.75, 3.05) is 6.61 Å². The molecule has 0 saturated carbocycles. The molecule has 0 N–H and O–H groups in total. The fourth-order valence-corrected chi connectivity index (χ4v) is 3.30. The van der Waals surface area contributed by atoms with Crippen LogP contribution >= 0.6 is 23.2 Å². The van der Waals surface area contributed by atoms with Gasteiger partial charge in [-0.25, -0.2) is 4.79 Å². The van der Waals surface area contributed by atoms with E-state index in [4.69, 9.17) is 27.9 Å². The van der Waals surface area contributed by atoms with Crippen LogP contribution in [0.3, 0.4) is 0 Å². The number of carbonyl (C=O) groups excluding carboxylic acids is 1. The fourth-order valence-electron chi connectivity index (χ4n) is 3.00. The molecule has 7 nitrogen and oxygen atoms in total. The van der Waals surface area contributed by atoms with Crippen molar-refractivity contribution >= 4 is 29.2 Å². The highest BCUT2D eigenvalue weighted by molar-refractivity contribution is 6.42. The lowest BCUT2D eigenvalue weighted by Crippen LogP contribution is -2.26. The zero-order chi connectivity index (χ0) is 20.3. The summed E-state index contributed by atoms with van der Waals surface area (Å²) in [5.74, 6) is -0.681. The minimum atomic E-state index is -0.681. The maximum atomic E-state index is 12.9. The number of ether oxygens (including phenoxy) is 1. The van der Waals surface area contributed by atoms with E-state index >= 15 is 0 Å². The van der Waals surface area contributed by atoms with E-state index in [-0.39, 0.29) is 18.7 Å². The maximum absolute atomic E-state index is 12.9. The molecule has 2 heterocycles. The number of benzene rings is 1. The van der Waals surface area contributed by atoms with E-state index in [1.54, 1.807) is 37.5 Å². The first-order valence-corrected chi connectivity index (χ1v) is 9.45. The highest BCUT2D eigenvalue weighted by Gasteiger charge is 2.24. The van der Waals surface area contributed by atoms with Gasteiger partial charge < -0.3 is 9.30 Å². The molecule has 0 spiro atoms. The second kappa shape index (κ2) is 8.58. The topological polar surface area (TPSA) is 79.0 Å². The van der Waals surface area contributed by atoms with Gasteiger partial charge in [0, 0.05) is 23.9 Å². The molecule has 0 bridgehead atoms. The van der Waals surface area contributed by atoms with E-state index in [1.165, 1.54) is 10.9 Å². The predicted octanol–water partition coefficient (Wildman–Crippen LogP) is 3.66. The van der Waals surface area contributed by atoms with Gasteiger partial charge >= 0.3 is 5.97 Å². The quantitative estimate of drug-likeness (QED) is 0.568. The predicted molar refractivity (Wildman–Crippen MR) is 107 cm³/mol. The molecule has 0 atom stereocenters. The smallest absolute Gasteiger partial charge is 0.344 e. The lowest BCUT2D eigenvalue weighted by molar-refractivity contribution is 0.0525. The van der Waals surface area contributed by atoms with Crippen molar-refractivity contribution in [1.82, 2.24) is 19.6 Å². The van der Waals surface area contributed by atoms with Crippen molar-refractivity contribution in [3.8, 4) is 11.3 Å². The average molecular weight is 421 g/mol. The van der Waals surface area contributed by atoms with E-state index in [0.29, 0.717) is 33.5 Å². The molecule has 146 valence electrons. The van der Waals surface area contributed by atoms with Crippen LogP contribution in [0, 0.1) is 0 Å². The molecule has 9 heteroatoms. The Balaban J connectivity index is 2.29. The number of halogens is 2. The van der Waals surface area contributed by atoms with Gasteiger partial charge in [-0.05, 0) is 26.0 Å². The Morgan fingerprint density at radius 2 is 1.82 bits per heavy atom. The van der Waals surface area contributed by atoms with Crippen LogP contribution in [0.15, 0.2) is 41.5 Å². The van der Waals surface area contributed by atoms with Crippen molar-refractivity contribution in [3.63, 3.8) is 0 Å². The Hall–Kier alpha value is -2.64. The van der Waals surface area contributed by atoms with E-state index in [2.05, 4.69) is 10.2 Å². The largest absolute Gasteiger partial charge is 0.462 e. The van der Waals surface area contributed by atoms with E-state index in [9.17, 15) is 9.59 Å². The van der Waals surface area contributed by atoms with Gasteiger partial charge in [-0.3, -0.25) is 4.79 Å². The molecule has 28 heavy (non-hydrogen) atoms. The lowest BCUT2D eigenvalue weighted by Gasteiger charge is -2.20. The summed E-state index contributed by atoms with van der Waals surface area (Å²) in [5.41, 5.74) is 1.18. The summed E-state index contributed by atoms with van der Waals surface area (Å²) in [6, 6.07) is 6.39. The van der Waals surface area contributed by atoms with Gasteiger partial charge in [0.1, 0.15) is 12.1 Å². The number of hydrogen-bond acceptors (Lipinski definition) is 5. The number of pyridine rings is 1. The van der Waals surface area contributed by atoms with Gasteiger partial charge in [0.25, 0.3) is 0 Å². The summed E-state index contributed by atoms with van der Waals surface area (Å²) in [6.45, 7) is 4.53. The second-order valence-corrected chi connectivity index (χ2v) is 6.69. The monoisotopic (exact) mass is 420 g/mol. The van der Waals surface area contributed by atoms with Crippen LogP contribution in [-0.4, -0.2) is 32.1 Å². The van der Waals surface area contributed by atoms with Gasteiger partial charge in [0.2, 0.25) is 0 Å². The number of aromatic nitrogens is 4. The standard InChI is InChI=1S/C19H18Cl2N4O3/c1-3-24-13(11-25-22-7-8-23-25)10-16(26)17(19(27)28-4-2)18(24)12-5-6-14(20)15(21)9-12/h5-10H,3-4,11H2,1-2H3. The van der Waals surface area contributed by atoms with Crippen molar-refractivity contribution in [2.45, 2.75) is 26.9 Å². The van der Waals surface area contributed by atoms with Gasteiger partial charge in [-0.2, -0.15) is 15.0 Å². The molecule has 0 aliphatic rings. The molecule has 0 aliphatic heterocycles. The third-order valence-electron chi connectivity index (χ3n) is 4.16. The Morgan fingerprint density at radius 3 is 2.43 bits per heavy atom. The van der Waals surface area contributed by atoms with Crippen LogP contribution in [0.2, 0.25) is 10.0 Å². The van der Waals surface area contributed by atoms with Crippen molar-refractivity contribution < 1.29 is 9.53 Å². The van der Waals surface area contributed by atoms with Gasteiger partial charge in [0.05, 0.1) is 34.7 Å². The normalized spacial score (nSPS) is 10.9. The van der Waals surface area contributed by atoms with Gasteiger partial charge in [-0.1, -0.05) is 29.3 Å². The molecule has 0 radical (unpaired) electrons. The zero-order valence-corrected chi connectivity index (χ0v) is 16.9. The summed E-state index contributed by atoms with van der Waals surface area (Å²) in [4.78, 5) is 26.9. The lowest BCUT2D eigenvalue weighted by atomic mass is 10.0. The summed E-state index contributed by atoms with van der Waals surface area (Å²) in [5, 5.41) is 8.89. The Bertz CT molecular complexity index is 1060. The van der Waals surface area contributed by atoms with Crippen LogP contribution in [-0.2, 0) is 17.8 Å². The first-order chi connectivity index (χ1) is 13.5. The van der Waals surface area contributed by atoms with Crippen LogP contribution < -0.4 is 5.43 Å². The summed E-state index contributed by atoms with van der Waals surface area (Å²) >= 11 is 12.2. The number of nitrogens with zero attached hydrogens (tertiary/aromatic N) is 4. The van der Waals surface area contributed by atoms with Crippen molar-refractivity contribution in [3.05, 3.63) is 68.2 Å². The second-order valence-electron chi connectivity index (χ2n) is 5.88. The minimum Gasteiger partial charge on any atom is -0.462 e. The first-order valence-electron chi connectivity index (χ1n) is 8.69. The van der Waals surface area contributed by atoms with Crippen molar-refractivity contribution in [1.29, 1.82) is 0 Å². The van der Waals surface area contributed by atoms with E-state index < -0.39 is 11.4 Å². The molecule has 0 fully saturated rings.